The van der Waals surface area contributed by atoms with Gasteiger partial charge in [0.1, 0.15) is 11.6 Å². The number of halogens is 5. The van der Waals surface area contributed by atoms with Crippen LogP contribution >= 0.6 is 0 Å². The van der Waals surface area contributed by atoms with Crippen molar-refractivity contribution in [2.75, 3.05) is 6.54 Å². The maximum atomic E-state index is 14.0. The number of carbonyl (C=O) groups excluding carboxylic acids is 2. The van der Waals surface area contributed by atoms with Gasteiger partial charge in [-0.1, -0.05) is 0 Å². The van der Waals surface area contributed by atoms with E-state index in [-0.39, 0.29) is 11.5 Å². The number of carbonyl (C=O) groups is 2. The molecule has 0 aliphatic carbocycles. The predicted octanol–water partition coefficient (Wildman–Crippen LogP) is 4.45. The van der Waals surface area contributed by atoms with Crippen LogP contribution in [-0.4, -0.2) is 34.4 Å². The second-order valence-corrected chi connectivity index (χ2v) is 6.69. The molecule has 1 aliphatic heterocycles. The van der Waals surface area contributed by atoms with Gasteiger partial charge in [-0.2, -0.15) is 13.2 Å². The summed E-state index contributed by atoms with van der Waals surface area (Å²) >= 11 is 0. The summed E-state index contributed by atoms with van der Waals surface area (Å²) < 4.78 is 59.5. The van der Waals surface area contributed by atoms with Gasteiger partial charge >= 0.3 is 6.18 Å². The van der Waals surface area contributed by atoms with Gasteiger partial charge in [0.25, 0.3) is 5.91 Å². The molecule has 0 atom stereocenters. The molecule has 0 saturated carbocycles. The molecule has 0 bridgehead atoms. The summed E-state index contributed by atoms with van der Waals surface area (Å²) in [6.07, 6.45) is -2.33. The molecule has 10 heteroatoms. The largest absolute Gasteiger partial charge is 0.449 e. The van der Waals surface area contributed by atoms with Crippen LogP contribution < -0.4 is 5.32 Å². The summed E-state index contributed by atoms with van der Waals surface area (Å²) in [4.78, 5) is 28.6. The maximum Gasteiger partial charge on any atom is 0.449 e. The second kappa shape index (κ2) is 8.66. The van der Waals surface area contributed by atoms with Crippen molar-refractivity contribution >= 4 is 11.7 Å². The molecule has 2 aromatic heterocycles. The summed E-state index contributed by atoms with van der Waals surface area (Å²) in [6, 6.07) is 8.67. The van der Waals surface area contributed by atoms with Gasteiger partial charge in [-0.25, -0.2) is 8.78 Å². The van der Waals surface area contributed by atoms with Crippen LogP contribution in [-0.2, 0) is 11.2 Å². The van der Waals surface area contributed by atoms with E-state index in [1.807, 2.05) is 0 Å². The van der Waals surface area contributed by atoms with E-state index < -0.39 is 23.6 Å². The lowest BCUT2D eigenvalue weighted by Crippen LogP contribution is -2.31. The molecule has 31 heavy (non-hydrogen) atoms. The summed E-state index contributed by atoms with van der Waals surface area (Å²) in [7, 11) is 0. The number of amides is 1. The smallest absolute Gasteiger partial charge is 0.358 e. The van der Waals surface area contributed by atoms with E-state index >= 15 is 0 Å². The van der Waals surface area contributed by atoms with Crippen molar-refractivity contribution in [2.24, 2.45) is 0 Å². The Morgan fingerprint density at radius 1 is 1.06 bits per heavy atom. The number of hydrogen-bond donors (Lipinski definition) is 2. The van der Waals surface area contributed by atoms with Gasteiger partial charge in [0, 0.05) is 54.7 Å². The summed E-state index contributed by atoms with van der Waals surface area (Å²) in [5.41, 5.74) is 3.70. The Kier molecular flexibility index (Phi) is 6.19. The number of pyridine rings is 1. The van der Waals surface area contributed by atoms with Crippen molar-refractivity contribution in [2.45, 2.75) is 19.5 Å². The van der Waals surface area contributed by atoms with E-state index in [9.17, 15) is 31.5 Å². The van der Waals surface area contributed by atoms with Crippen LogP contribution in [0.3, 0.4) is 0 Å². The van der Waals surface area contributed by atoms with Crippen molar-refractivity contribution in [3.63, 3.8) is 0 Å². The Hall–Kier alpha value is -3.56. The molecule has 162 valence electrons. The normalized spacial score (nSPS) is 13.0. The molecule has 1 amide bonds. The van der Waals surface area contributed by atoms with Crippen LogP contribution in [0, 0.1) is 11.6 Å². The Balaban J connectivity index is 0.000000339. The third kappa shape index (κ3) is 5.14. The van der Waals surface area contributed by atoms with Crippen molar-refractivity contribution in [1.29, 1.82) is 0 Å². The van der Waals surface area contributed by atoms with Crippen LogP contribution in [0.1, 0.15) is 23.0 Å². The van der Waals surface area contributed by atoms with Crippen molar-refractivity contribution in [1.82, 2.24) is 15.3 Å². The minimum absolute atomic E-state index is 0.0994. The minimum atomic E-state index is -4.64. The third-order valence-corrected chi connectivity index (χ3v) is 4.48. The zero-order chi connectivity index (χ0) is 22.8. The third-order valence-electron chi connectivity index (χ3n) is 4.48. The van der Waals surface area contributed by atoms with Gasteiger partial charge in [0.05, 0.1) is 11.3 Å². The average molecular weight is 437 g/mol. The Labute approximate surface area is 173 Å². The molecular weight excluding hydrogens is 421 g/mol. The Morgan fingerprint density at radius 2 is 1.77 bits per heavy atom. The fourth-order valence-corrected chi connectivity index (χ4v) is 2.89. The number of benzene rings is 1. The number of nitrogens with one attached hydrogen (secondary N) is 2. The van der Waals surface area contributed by atoms with E-state index in [0.717, 1.165) is 29.4 Å². The van der Waals surface area contributed by atoms with Gasteiger partial charge in [0.15, 0.2) is 0 Å². The highest BCUT2D eigenvalue weighted by Crippen LogP contribution is 2.28. The fraction of sp³-hybridized carbons (Fsp3) is 0.190. The van der Waals surface area contributed by atoms with Crippen LogP contribution in [0.25, 0.3) is 22.5 Å². The molecule has 4 rings (SSSR count). The Morgan fingerprint density at radius 3 is 2.39 bits per heavy atom. The van der Waals surface area contributed by atoms with Crippen LogP contribution in [0.15, 0.2) is 42.6 Å². The standard InChI is InChI=1S/C18H13F2N3O.C3H3F3O/c19-11-1-2-12(14(20)8-11)17-7-10(3-5-21-17)16-9-13-15(23-16)4-6-22-18(13)24;1-2(7)3(4,5)6/h1-3,5,7-9,23H,4,6H2,(H,22,24);1H3. The topological polar surface area (TPSA) is 74.8 Å². The molecule has 3 heterocycles. The van der Waals surface area contributed by atoms with E-state index in [1.54, 1.807) is 24.4 Å². The van der Waals surface area contributed by atoms with E-state index in [1.165, 1.54) is 12.1 Å². The summed E-state index contributed by atoms with van der Waals surface area (Å²) in [5, 5.41) is 2.80. The molecule has 0 radical (unpaired) electrons. The van der Waals surface area contributed by atoms with E-state index in [0.29, 0.717) is 24.7 Å². The molecule has 0 unspecified atom stereocenters. The number of nitrogens with zero attached hydrogens (tertiary/aromatic N) is 1. The number of ketones is 1. The van der Waals surface area contributed by atoms with Crippen LogP contribution in [0.5, 0.6) is 0 Å². The van der Waals surface area contributed by atoms with Gasteiger partial charge in [0.2, 0.25) is 5.78 Å². The number of Topliss-reactive ketones (excluding diaryl/α,β-unsaturated/α-hetero) is 1. The lowest BCUT2D eigenvalue weighted by Gasteiger charge is -2.11. The number of fused-ring (bicyclic) bond motifs is 1. The molecular formula is C21H16F5N3O2. The number of H-pyrrole nitrogens is 1. The molecule has 2 N–H and O–H groups in total. The zero-order valence-corrected chi connectivity index (χ0v) is 16.1. The first-order chi connectivity index (χ1) is 14.6. The van der Waals surface area contributed by atoms with Crippen molar-refractivity contribution in [3.05, 3.63) is 65.5 Å². The lowest BCUT2D eigenvalue weighted by molar-refractivity contribution is -0.168. The quantitative estimate of drug-likeness (QED) is 0.582. The highest BCUT2D eigenvalue weighted by atomic mass is 19.4. The number of rotatable bonds is 2. The van der Waals surface area contributed by atoms with Gasteiger partial charge in [-0.3, -0.25) is 14.6 Å². The first kappa shape index (κ1) is 22.1. The average Bonchev–Trinajstić information content (AvgIpc) is 3.14. The highest BCUT2D eigenvalue weighted by Gasteiger charge is 2.33. The van der Waals surface area contributed by atoms with Crippen LogP contribution in [0.2, 0.25) is 0 Å². The first-order valence-electron chi connectivity index (χ1n) is 9.06. The molecule has 0 fully saturated rings. The van der Waals surface area contributed by atoms with Gasteiger partial charge in [-0.05, 0) is 30.3 Å². The number of aromatic amines is 1. The fourth-order valence-electron chi connectivity index (χ4n) is 2.89. The molecule has 1 aromatic carbocycles. The number of hydrogen-bond acceptors (Lipinski definition) is 3. The van der Waals surface area contributed by atoms with Crippen molar-refractivity contribution in [3.8, 4) is 22.5 Å². The lowest BCUT2D eigenvalue weighted by atomic mass is 10.1. The maximum absolute atomic E-state index is 14.0. The molecule has 5 nitrogen and oxygen atoms in total. The zero-order valence-electron chi connectivity index (χ0n) is 16.1. The van der Waals surface area contributed by atoms with E-state index in [4.69, 9.17) is 0 Å². The highest BCUT2D eigenvalue weighted by molar-refractivity contribution is 5.97. The predicted molar refractivity (Wildman–Crippen MR) is 102 cm³/mol. The monoisotopic (exact) mass is 437 g/mol. The SMILES string of the molecule is CC(=O)C(F)(F)F.O=C1NCCc2[nH]c(-c3ccnc(-c4ccc(F)cc4F)c3)cc21. The summed E-state index contributed by atoms with van der Waals surface area (Å²) in [5.74, 6) is -3.15. The van der Waals surface area contributed by atoms with Crippen LogP contribution in [0.4, 0.5) is 22.0 Å². The number of alkyl halides is 3. The minimum Gasteiger partial charge on any atom is -0.358 e. The Bertz CT molecular complexity index is 1140. The van der Waals surface area contributed by atoms with Gasteiger partial charge < -0.3 is 10.3 Å². The first-order valence-corrected chi connectivity index (χ1v) is 9.06. The molecule has 0 spiro atoms. The molecule has 0 saturated heterocycles. The molecule has 1 aliphatic rings. The summed E-state index contributed by atoms with van der Waals surface area (Å²) in [6.45, 7) is 1.09. The number of aromatic nitrogens is 2. The van der Waals surface area contributed by atoms with E-state index in [2.05, 4.69) is 15.3 Å². The second-order valence-electron chi connectivity index (χ2n) is 6.69. The van der Waals surface area contributed by atoms with Crippen molar-refractivity contribution < 1.29 is 31.5 Å². The van der Waals surface area contributed by atoms with Gasteiger partial charge in [-0.15, -0.1) is 0 Å². The molecule has 3 aromatic rings.